The summed E-state index contributed by atoms with van der Waals surface area (Å²) < 4.78 is 11.1. The van der Waals surface area contributed by atoms with Crippen LogP contribution >= 0.6 is 0 Å². The van der Waals surface area contributed by atoms with Crippen LogP contribution in [0.3, 0.4) is 0 Å². The maximum Gasteiger partial charge on any atom is 0.190 e. The van der Waals surface area contributed by atoms with Crippen LogP contribution in [-0.2, 0) is 9.47 Å². The van der Waals surface area contributed by atoms with Crippen LogP contribution in [0.2, 0.25) is 0 Å². The third-order valence-electron chi connectivity index (χ3n) is 6.04. The smallest absolute Gasteiger partial charge is 0.190 e. The van der Waals surface area contributed by atoms with E-state index in [9.17, 15) is 0 Å². The fraction of sp³-hybridized carbons (Fsp3) is 0.708. The maximum absolute atomic E-state index is 5.75. The molecule has 1 aromatic rings. The Kier molecular flexibility index (Phi) is 10.4. The number of aliphatic imine (C=N–C) groups is 1. The van der Waals surface area contributed by atoms with Crippen LogP contribution in [0.1, 0.15) is 24.8 Å². The molecule has 2 aliphatic heterocycles. The van der Waals surface area contributed by atoms with E-state index in [4.69, 9.17) is 9.47 Å². The normalized spacial score (nSPS) is 20.3. The van der Waals surface area contributed by atoms with Gasteiger partial charge in [-0.25, -0.2) is 0 Å². The Balaban J connectivity index is 1.19. The van der Waals surface area contributed by atoms with Gasteiger partial charge in [-0.05, 0) is 50.4 Å². The Morgan fingerprint density at radius 1 is 1.16 bits per heavy atom. The van der Waals surface area contributed by atoms with Crippen LogP contribution in [-0.4, -0.2) is 90.1 Å². The molecule has 0 aliphatic carbocycles. The Morgan fingerprint density at radius 2 is 1.97 bits per heavy atom. The van der Waals surface area contributed by atoms with Gasteiger partial charge in [-0.1, -0.05) is 12.1 Å². The zero-order valence-electron chi connectivity index (χ0n) is 19.4. The molecule has 2 fully saturated rings. The Labute approximate surface area is 188 Å². The highest BCUT2D eigenvalue weighted by Gasteiger charge is 2.17. The molecule has 3 rings (SSSR count). The maximum atomic E-state index is 5.75. The molecule has 31 heavy (non-hydrogen) atoms. The van der Waals surface area contributed by atoms with Crippen molar-refractivity contribution in [3.8, 4) is 0 Å². The number of rotatable bonds is 11. The summed E-state index contributed by atoms with van der Waals surface area (Å²) in [7, 11) is 1.83. The second kappa shape index (κ2) is 13.6. The number of ether oxygens (including phenoxy) is 2. The van der Waals surface area contributed by atoms with E-state index >= 15 is 0 Å². The summed E-state index contributed by atoms with van der Waals surface area (Å²) in [4.78, 5) is 9.39. The minimum atomic E-state index is 0.591. The highest BCUT2D eigenvalue weighted by molar-refractivity contribution is 5.79. The lowest BCUT2D eigenvalue weighted by Gasteiger charge is -2.36. The second-order valence-corrected chi connectivity index (χ2v) is 8.61. The number of hydrogen-bond donors (Lipinski definition) is 2. The largest absolute Gasteiger partial charge is 0.381 e. The van der Waals surface area contributed by atoms with Gasteiger partial charge in [0.15, 0.2) is 5.96 Å². The lowest BCUT2D eigenvalue weighted by atomic mass is 10.1. The molecule has 7 heteroatoms. The molecule has 1 unspecified atom stereocenters. The minimum absolute atomic E-state index is 0.591. The molecule has 174 valence electrons. The number of benzene rings is 1. The van der Waals surface area contributed by atoms with Gasteiger partial charge in [0, 0.05) is 71.1 Å². The van der Waals surface area contributed by atoms with Crippen molar-refractivity contribution in [3.05, 3.63) is 29.8 Å². The third-order valence-corrected chi connectivity index (χ3v) is 6.04. The highest BCUT2D eigenvalue weighted by Crippen LogP contribution is 2.17. The van der Waals surface area contributed by atoms with Crippen molar-refractivity contribution in [2.75, 3.05) is 84.2 Å². The summed E-state index contributed by atoms with van der Waals surface area (Å²) in [5.41, 5.74) is 2.69. The molecule has 0 bridgehead atoms. The Hall–Kier alpha value is -1.83. The minimum Gasteiger partial charge on any atom is -0.381 e. The number of anilines is 1. The van der Waals surface area contributed by atoms with Gasteiger partial charge in [0.05, 0.1) is 13.2 Å². The molecule has 7 nitrogen and oxygen atoms in total. The average molecular weight is 432 g/mol. The van der Waals surface area contributed by atoms with Crippen LogP contribution in [0.4, 0.5) is 5.69 Å². The lowest BCUT2D eigenvalue weighted by molar-refractivity contribution is 0.0888. The van der Waals surface area contributed by atoms with Gasteiger partial charge in [-0.2, -0.15) is 0 Å². The van der Waals surface area contributed by atoms with E-state index in [2.05, 4.69) is 56.6 Å². The fourth-order valence-corrected chi connectivity index (χ4v) is 4.13. The molecule has 0 amide bonds. The Morgan fingerprint density at radius 3 is 2.68 bits per heavy atom. The first kappa shape index (κ1) is 23.8. The number of aryl methyl sites for hydroxylation is 1. The van der Waals surface area contributed by atoms with Gasteiger partial charge in [-0.15, -0.1) is 0 Å². The van der Waals surface area contributed by atoms with E-state index < -0.39 is 0 Å². The summed E-state index contributed by atoms with van der Waals surface area (Å²) in [5, 5.41) is 6.81. The van der Waals surface area contributed by atoms with E-state index in [-0.39, 0.29) is 0 Å². The summed E-state index contributed by atoms with van der Waals surface area (Å²) in [6, 6.07) is 8.83. The predicted molar refractivity (Wildman–Crippen MR) is 128 cm³/mol. The molecule has 1 aromatic carbocycles. The van der Waals surface area contributed by atoms with E-state index in [1.54, 1.807) is 0 Å². The van der Waals surface area contributed by atoms with Crippen LogP contribution in [0, 0.1) is 12.8 Å². The molecule has 2 aliphatic rings. The van der Waals surface area contributed by atoms with Crippen molar-refractivity contribution < 1.29 is 9.47 Å². The lowest BCUT2D eigenvalue weighted by Crippen LogP contribution is -2.47. The monoisotopic (exact) mass is 431 g/mol. The predicted octanol–water partition coefficient (Wildman–Crippen LogP) is 2.12. The van der Waals surface area contributed by atoms with E-state index in [1.165, 1.54) is 11.3 Å². The molecular formula is C24H41N5O2. The zero-order chi connectivity index (χ0) is 21.7. The van der Waals surface area contributed by atoms with Gasteiger partial charge in [0.2, 0.25) is 0 Å². The van der Waals surface area contributed by atoms with Gasteiger partial charge in [-0.3, -0.25) is 9.89 Å². The second-order valence-electron chi connectivity index (χ2n) is 8.61. The summed E-state index contributed by atoms with van der Waals surface area (Å²) in [6.45, 7) is 13.0. The molecule has 2 N–H and O–H groups in total. The van der Waals surface area contributed by atoms with Crippen molar-refractivity contribution in [2.45, 2.75) is 26.2 Å². The summed E-state index contributed by atoms with van der Waals surface area (Å²) >= 11 is 0. The topological polar surface area (TPSA) is 61.4 Å². The molecular weight excluding hydrogens is 390 g/mol. The summed E-state index contributed by atoms with van der Waals surface area (Å²) in [5.74, 6) is 1.47. The first-order valence-corrected chi connectivity index (χ1v) is 11.9. The molecule has 0 saturated carbocycles. The van der Waals surface area contributed by atoms with Crippen LogP contribution < -0.4 is 15.5 Å². The average Bonchev–Trinajstić information content (AvgIpc) is 3.31. The number of piperazine rings is 1. The number of hydrogen-bond acceptors (Lipinski definition) is 5. The van der Waals surface area contributed by atoms with Crippen molar-refractivity contribution in [1.82, 2.24) is 15.5 Å². The molecule has 0 aromatic heterocycles. The van der Waals surface area contributed by atoms with Crippen LogP contribution in [0.5, 0.6) is 0 Å². The first-order chi connectivity index (χ1) is 15.2. The van der Waals surface area contributed by atoms with Crippen LogP contribution in [0.15, 0.2) is 29.3 Å². The fourth-order valence-electron chi connectivity index (χ4n) is 4.13. The van der Waals surface area contributed by atoms with Crippen LogP contribution in [0.25, 0.3) is 0 Å². The highest BCUT2D eigenvalue weighted by atomic mass is 16.5. The van der Waals surface area contributed by atoms with Gasteiger partial charge in [0.25, 0.3) is 0 Å². The number of nitrogens with one attached hydrogen (secondary N) is 2. The molecule has 0 spiro atoms. The zero-order valence-corrected chi connectivity index (χ0v) is 19.4. The van der Waals surface area contributed by atoms with Gasteiger partial charge < -0.3 is 25.0 Å². The van der Waals surface area contributed by atoms with E-state index in [1.807, 2.05) is 7.05 Å². The standard InChI is InChI=1S/C24H41N5O2/c1-21-6-3-7-23(18-21)29-14-12-28(13-15-29)11-4-9-26-24(25-2)27-10-5-16-30-19-22-8-17-31-20-22/h3,6-7,18,22H,4-5,8-17,19-20H2,1-2H3,(H2,25,26,27). The van der Waals surface area contributed by atoms with E-state index in [0.717, 1.165) is 97.5 Å². The van der Waals surface area contributed by atoms with E-state index in [0.29, 0.717) is 5.92 Å². The number of nitrogens with zero attached hydrogens (tertiary/aromatic N) is 3. The molecule has 2 saturated heterocycles. The first-order valence-electron chi connectivity index (χ1n) is 11.9. The van der Waals surface area contributed by atoms with Gasteiger partial charge >= 0.3 is 0 Å². The van der Waals surface area contributed by atoms with Crippen molar-refractivity contribution in [3.63, 3.8) is 0 Å². The number of guanidine groups is 1. The molecule has 1 atom stereocenters. The van der Waals surface area contributed by atoms with Gasteiger partial charge in [0.1, 0.15) is 0 Å². The van der Waals surface area contributed by atoms with Crippen molar-refractivity contribution in [2.24, 2.45) is 10.9 Å². The SMILES string of the molecule is CN=C(NCCCOCC1CCOC1)NCCCN1CCN(c2cccc(C)c2)CC1. The van der Waals surface area contributed by atoms with Crippen molar-refractivity contribution in [1.29, 1.82) is 0 Å². The Bertz CT molecular complexity index is 655. The third kappa shape index (κ3) is 8.67. The quantitative estimate of drug-likeness (QED) is 0.318. The molecule has 0 radical (unpaired) electrons. The van der Waals surface area contributed by atoms with Crippen molar-refractivity contribution >= 4 is 11.6 Å². The molecule has 2 heterocycles. The summed E-state index contributed by atoms with van der Waals surface area (Å²) in [6.07, 6.45) is 3.24.